The minimum atomic E-state index is -0.911. The second-order valence-electron chi connectivity index (χ2n) is 2.87. The van der Waals surface area contributed by atoms with Crippen molar-refractivity contribution in [3.63, 3.8) is 0 Å². The van der Waals surface area contributed by atoms with Crippen LogP contribution in [0, 0.1) is 6.92 Å². The summed E-state index contributed by atoms with van der Waals surface area (Å²) in [4.78, 5) is 11.9. The monoisotopic (exact) mass is 232 g/mol. The van der Waals surface area contributed by atoms with Gasteiger partial charge >= 0.3 is 5.97 Å². The SMILES string of the molecule is CCS(=O)Cc1cc(C(=O)O)sc1C. The average molecular weight is 232 g/mol. The summed E-state index contributed by atoms with van der Waals surface area (Å²) in [6.07, 6.45) is 0. The Kier molecular flexibility index (Phi) is 3.83. The quantitative estimate of drug-likeness (QED) is 0.864. The Morgan fingerprint density at radius 1 is 1.64 bits per heavy atom. The maximum atomic E-state index is 11.3. The fraction of sp³-hybridized carbons (Fsp3) is 0.444. The van der Waals surface area contributed by atoms with Crippen LogP contribution in [0.4, 0.5) is 0 Å². The number of thiophene rings is 1. The van der Waals surface area contributed by atoms with Gasteiger partial charge in [-0.3, -0.25) is 4.21 Å². The second-order valence-corrected chi connectivity index (χ2v) is 5.87. The number of carboxylic acids is 1. The molecule has 0 aliphatic heterocycles. The van der Waals surface area contributed by atoms with E-state index in [-0.39, 0.29) is 0 Å². The average Bonchev–Trinajstić information content (AvgIpc) is 2.48. The van der Waals surface area contributed by atoms with Gasteiger partial charge in [0.1, 0.15) is 4.88 Å². The van der Waals surface area contributed by atoms with Gasteiger partial charge in [0, 0.05) is 27.2 Å². The van der Waals surface area contributed by atoms with Crippen molar-refractivity contribution in [1.29, 1.82) is 0 Å². The maximum Gasteiger partial charge on any atom is 0.345 e. The van der Waals surface area contributed by atoms with Gasteiger partial charge in [-0.25, -0.2) is 4.79 Å². The van der Waals surface area contributed by atoms with E-state index in [1.807, 2.05) is 13.8 Å². The van der Waals surface area contributed by atoms with Crippen molar-refractivity contribution < 1.29 is 14.1 Å². The lowest BCUT2D eigenvalue weighted by molar-refractivity contribution is 0.0702. The molecule has 5 heteroatoms. The highest BCUT2D eigenvalue weighted by molar-refractivity contribution is 7.84. The smallest absolute Gasteiger partial charge is 0.345 e. The van der Waals surface area contributed by atoms with Gasteiger partial charge in [0.05, 0.1) is 0 Å². The first-order valence-electron chi connectivity index (χ1n) is 4.22. The van der Waals surface area contributed by atoms with Crippen molar-refractivity contribution in [2.75, 3.05) is 5.75 Å². The van der Waals surface area contributed by atoms with Crippen LogP contribution in [0.5, 0.6) is 0 Å². The number of hydrogen-bond donors (Lipinski definition) is 1. The van der Waals surface area contributed by atoms with E-state index in [2.05, 4.69) is 0 Å². The number of aryl methyl sites for hydroxylation is 1. The largest absolute Gasteiger partial charge is 0.477 e. The Morgan fingerprint density at radius 3 is 2.71 bits per heavy atom. The van der Waals surface area contributed by atoms with Crippen LogP contribution in [0.25, 0.3) is 0 Å². The summed E-state index contributed by atoms with van der Waals surface area (Å²) in [6.45, 7) is 3.72. The number of rotatable bonds is 4. The molecule has 1 aromatic heterocycles. The Balaban J connectivity index is 2.88. The summed E-state index contributed by atoms with van der Waals surface area (Å²) in [5, 5.41) is 8.75. The Hall–Kier alpha value is -0.680. The molecule has 1 heterocycles. The van der Waals surface area contributed by atoms with E-state index < -0.39 is 16.8 Å². The van der Waals surface area contributed by atoms with Crippen LogP contribution < -0.4 is 0 Å². The van der Waals surface area contributed by atoms with Crippen LogP contribution in [0.3, 0.4) is 0 Å². The molecule has 1 N–H and O–H groups in total. The van der Waals surface area contributed by atoms with Gasteiger partial charge in [-0.1, -0.05) is 6.92 Å². The number of aromatic carboxylic acids is 1. The van der Waals surface area contributed by atoms with Crippen molar-refractivity contribution in [3.05, 3.63) is 21.4 Å². The molecular weight excluding hydrogens is 220 g/mol. The number of carbonyl (C=O) groups is 1. The third kappa shape index (κ3) is 2.65. The molecule has 0 radical (unpaired) electrons. The predicted molar refractivity (Wildman–Crippen MR) is 58.4 cm³/mol. The molecule has 1 rings (SSSR count). The molecular formula is C9H12O3S2. The summed E-state index contributed by atoms with van der Waals surface area (Å²) < 4.78 is 11.3. The van der Waals surface area contributed by atoms with Crippen LogP contribution in [0.1, 0.15) is 27.0 Å². The molecule has 0 spiro atoms. The van der Waals surface area contributed by atoms with Gasteiger partial charge in [0.15, 0.2) is 0 Å². The Labute approximate surface area is 89.2 Å². The highest BCUT2D eigenvalue weighted by atomic mass is 32.2. The van der Waals surface area contributed by atoms with Gasteiger partial charge in [0.2, 0.25) is 0 Å². The highest BCUT2D eigenvalue weighted by Gasteiger charge is 2.12. The Bertz CT molecular complexity index is 368. The standard InChI is InChI=1S/C9H12O3S2/c1-3-14(12)5-7-4-8(9(10)11)13-6(7)2/h4H,3,5H2,1-2H3,(H,10,11). The van der Waals surface area contributed by atoms with Crippen molar-refractivity contribution in [2.45, 2.75) is 19.6 Å². The lowest BCUT2D eigenvalue weighted by Gasteiger charge is -1.96. The molecule has 0 aliphatic carbocycles. The van der Waals surface area contributed by atoms with E-state index in [0.717, 1.165) is 10.4 Å². The molecule has 0 fully saturated rings. The molecule has 0 amide bonds. The molecule has 0 saturated carbocycles. The summed E-state index contributed by atoms with van der Waals surface area (Å²) in [5.41, 5.74) is 0.896. The van der Waals surface area contributed by atoms with Crippen LogP contribution in [-0.4, -0.2) is 21.0 Å². The second kappa shape index (κ2) is 4.70. The normalized spacial score (nSPS) is 12.7. The van der Waals surface area contributed by atoms with Crippen LogP contribution in [0.2, 0.25) is 0 Å². The summed E-state index contributed by atoms with van der Waals surface area (Å²) >= 11 is 1.24. The highest BCUT2D eigenvalue weighted by Crippen LogP contribution is 2.22. The lowest BCUT2D eigenvalue weighted by atomic mass is 10.3. The third-order valence-electron chi connectivity index (χ3n) is 1.87. The summed E-state index contributed by atoms with van der Waals surface area (Å²) in [7, 11) is -0.874. The minimum Gasteiger partial charge on any atom is -0.477 e. The lowest BCUT2D eigenvalue weighted by Crippen LogP contribution is -1.97. The molecule has 0 saturated heterocycles. The first-order chi connectivity index (χ1) is 6.54. The van der Waals surface area contributed by atoms with Crippen molar-refractivity contribution in [2.24, 2.45) is 0 Å². The first-order valence-corrected chi connectivity index (χ1v) is 6.52. The van der Waals surface area contributed by atoms with Gasteiger partial charge in [0.25, 0.3) is 0 Å². The number of hydrogen-bond acceptors (Lipinski definition) is 3. The van der Waals surface area contributed by atoms with Crippen LogP contribution in [0.15, 0.2) is 6.07 Å². The van der Waals surface area contributed by atoms with E-state index in [0.29, 0.717) is 16.4 Å². The summed E-state index contributed by atoms with van der Waals surface area (Å²) in [6, 6.07) is 1.62. The van der Waals surface area contributed by atoms with Gasteiger partial charge < -0.3 is 5.11 Å². The zero-order valence-corrected chi connectivity index (χ0v) is 9.70. The zero-order chi connectivity index (χ0) is 10.7. The first kappa shape index (κ1) is 11.4. The van der Waals surface area contributed by atoms with E-state index in [9.17, 15) is 9.00 Å². The third-order valence-corrected chi connectivity index (χ3v) is 4.23. The molecule has 1 unspecified atom stereocenters. The van der Waals surface area contributed by atoms with E-state index in [4.69, 9.17) is 5.11 Å². The van der Waals surface area contributed by atoms with Crippen LogP contribution >= 0.6 is 11.3 Å². The van der Waals surface area contributed by atoms with E-state index >= 15 is 0 Å². The van der Waals surface area contributed by atoms with E-state index in [1.54, 1.807) is 6.07 Å². The van der Waals surface area contributed by atoms with Gasteiger partial charge in [-0.05, 0) is 18.6 Å². The fourth-order valence-electron chi connectivity index (χ4n) is 1.04. The minimum absolute atomic E-state index is 0.325. The van der Waals surface area contributed by atoms with Crippen molar-refractivity contribution >= 4 is 28.1 Å². The Morgan fingerprint density at radius 2 is 2.29 bits per heavy atom. The molecule has 0 aliphatic rings. The van der Waals surface area contributed by atoms with Gasteiger partial charge in [-0.15, -0.1) is 11.3 Å². The zero-order valence-electron chi connectivity index (χ0n) is 8.07. The maximum absolute atomic E-state index is 11.3. The predicted octanol–water partition coefficient (Wildman–Crippen LogP) is 2.02. The fourth-order valence-corrected chi connectivity index (χ4v) is 2.87. The molecule has 3 nitrogen and oxygen atoms in total. The molecule has 1 aromatic rings. The van der Waals surface area contributed by atoms with Gasteiger partial charge in [-0.2, -0.15) is 0 Å². The molecule has 1 atom stereocenters. The van der Waals surface area contributed by atoms with Crippen molar-refractivity contribution in [3.8, 4) is 0 Å². The topological polar surface area (TPSA) is 54.4 Å². The molecule has 14 heavy (non-hydrogen) atoms. The molecule has 78 valence electrons. The van der Waals surface area contributed by atoms with Crippen LogP contribution in [-0.2, 0) is 16.6 Å². The molecule has 0 bridgehead atoms. The van der Waals surface area contributed by atoms with E-state index in [1.165, 1.54) is 11.3 Å². The number of carboxylic acid groups (broad SMARTS) is 1. The van der Waals surface area contributed by atoms with Crippen molar-refractivity contribution in [1.82, 2.24) is 0 Å². The summed E-state index contributed by atoms with van der Waals surface area (Å²) in [5.74, 6) is 0.163. The molecule has 0 aromatic carbocycles.